The molecule has 1 saturated carbocycles. The van der Waals surface area contributed by atoms with E-state index in [1.165, 1.54) is 49.6 Å². The van der Waals surface area contributed by atoms with Gasteiger partial charge < -0.3 is 25.2 Å². The molecule has 1 unspecified atom stereocenters. The van der Waals surface area contributed by atoms with Crippen LogP contribution in [0.25, 0.3) is 21.7 Å². The Morgan fingerprint density at radius 1 is 1.15 bits per heavy atom. The molecule has 10 nitrogen and oxygen atoms in total. The van der Waals surface area contributed by atoms with Gasteiger partial charge in [-0.05, 0) is 86.3 Å². The molecule has 246 valence electrons. The van der Waals surface area contributed by atoms with Crippen LogP contribution < -0.4 is 20.1 Å². The van der Waals surface area contributed by atoms with Crippen LogP contribution >= 0.6 is 11.6 Å². The van der Waals surface area contributed by atoms with Gasteiger partial charge in [0.25, 0.3) is 5.91 Å². The molecule has 1 atom stereocenters. The van der Waals surface area contributed by atoms with Crippen molar-refractivity contribution in [3.63, 3.8) is 0 Å². The number of ether oxygens (including phenoxy) is 2. The Morgan fingerprint density at radius 2 is 1.89 bits per heavy atom. The standard InChI is InChI=1S/C31H33ClF4N6O4/c1-29(2,39-10-11-40-42-37)20-14-24(18-4-8-23(33)22(32)12-18)41-27(15-20)30(17-43,31(34,35)36)16-38-28(44)19-5-9-25(26(13-19)45-3)46-21-6-7-21/h4-5,8-9,12-15,21,39,43H,6-7,10-11,16-17H2,1-3H3,(H,38,44). The van der Waals surface area contributed by atoms with Crippen molar-refractivity contribution in [2.24, 2.45) is 5.11 Å². The number of nitrogens with one attached hydrogen (secondary N) is 2. The zero-order valence-corrected chi connectivity index (χ0v) is 26.0. The highest BCUT2D eigenvalue weighted by Gasteiger charge is 2.57. The number of alkyl halides is 3. The molecule has 1 aliphatic rings. The van der Waals surface area contributed by atoms with E-state index in [1.807, 2.05) is 0 Å². The Kier molecular flexibility index (Phi) is 10.7. The number of azide groups is 1. The first-order valence-corrected chi connectivity index (χ1v) is 14.7. The first-order valence-electron chi connectivity index (χ1n) is 14.3. The zero-order valence-electron chi connectivity index (χ0n) is 25.3. The Morgan fingerprint density at radius 3 is 2.50 bits per heavy atom. The summed E-state index contributed by atoms with van der Waals surface area (Å²) < 4.78 is 70.2. The second-order valence-electron chi connectivity index (χ2n) is 11.4. The number of pyridine rings is 1. The van der Waals surface area contributed by atoms with Crippen molar-refractivity contribution >= 4 is 17.5 Å². The minimum atomic E-state index is -5.10. The number of benzene rings is 2. The lowest BCUT2D eigenvalue weighted by Crippen LogP contribution is -2.54. The van der Waals surface area contributed by atoms with Crippen LogP contribution in [0.5, 0.6) is 11.5 Å². The molecule has 1 heterocycles. The molecule has 0 spiro atoms. The van der Waals surface area contributed by atoms with Crippen LogP contribution in [-0.4, -0.2) is 61.6 Å². The molecular formula is C31H33ClF4N6O4. The van der Waals surface area contributed by atoms with Gasteiger partial charge in [-0.2, -0.15) is 13.2 Å². The Bertz CT molecular complexity index is 1630. The van der Waals surface area contributed by atoms with E-state index in [2.05, 4.69) is 25.6 Å². The number of carbonyl (C=O) groups excluding carboxylic acids is 1. The average molecular weight is 665 g/mol. The van der Waals surface area contributed by atoms with Crippen molar-refractivity contribution in [1.82, 2.24) is 15.6 Å². The molecule has 15 heteroatoms. The number of aliphatic hydroxyl groups excluding tert-OH is 1. The topological polar surface area (TPSA) is 141 Å². The maximum atomic E-state index is 15.1. The number of hydrogen-bond acceptors (Lipinski definition) is 7. The van der Waals surface area contributed by atoms with Gasteiger partial charge in [0, 0.05) is 41.2 Å². The number of aromatic nitrogens is 1. The third kappa shape index (κ3) is 7.81. The molecule has 1 aromatic heterocycles. The average Bonchev–Trinajstić information content (AvgIpc) is 3.84. The summed E-state index contributed by atoms with van der Waals surface area (Å²) in [6, 6.07) is 10.6. The molecule has 46 heavy (non-hydrogen) atoms. The number of hydrogen-bond donors (Lipinski definition) is 3. The summed E-state index contributed by atoms with van der Waals surface area (Å²) in [5, 5.41) is 19.1. The van der Waals surface area contributed by atoms with Crippen molar-refractivity contribution in [3.8, 4) is 22.8 Å². The number of aliphatic hydroxyl groups is 1. The lowest BCUT2D eigenvalue weighted by molar-refractivity contribution is -0.200. The SMILES string of the molecule is COc1cc(C(=O)NCC(CO)(c2cc(C(C)(C)NCCN=[N+]=[N-])cc(-c3ccc(F)c(Cl)c3)n2)C(F)(F)F)ccc1OC1CC1. The molecule has 0 radical (unpaired) electrons. The number of halogens is 5. The van der Waals surface area contributed by atoms with E-state index < -0.39 is 47.7 Å². The van der Waals surface area contributed by atoms with Crippen molar-refractivity contribution in [3.05, 3.63) is 86.6 Å². The summed E-state index contributed by atoms with van der Waals surface area (Å²) in [7, 11) is 1.38. The summed E-state index contributed by atoms with van der Waals surface area (Å²) >= 11 is 5.98. The van der Waals surface area contributed by atoms with Gasteiger partial charge in [-0.15, -0.1) is 0 Å². The highest BCUT2D eigenvalue weighted by molar-refractivity contribution is 6.31. The Hall–Kier alpha value is -4.10. The molecule has 2 aromatic carbocycles. The van der Waals surface area contributed by atoms with Gasteiger partial charge >= 0.3 is 6.18 Å². The predicted molar refractivity (Wildman–Crippen MR) is 163 cm³/mol. The third-order valence-corrected chi connectivity index (χ3v) is 7.99. The summed E-state index contributed by atoms with van der Waals surface area (Å²) in [5.74, 6) is -0.920. The van der Waals surface area contributed by atoms with E-state index in [4.69, 9.17) is 26.6 Å². The monoisotopic (exact) mass is 664 g/mol. The van der Waals surface area contributed by atoms with Crippen molar-refractivity contribution in [2.45, 2.75) is 49.9 Å². The maximum Gasteiger partial charge on any atom is 0.403 e. The summed E-state index contributed by atoms with van der Waals surface area (Å²) in [6.07, 6.45) is -3.27. The second-order valence-corrected chi connectivity index (χ2v) is 11.8. The van der Waals surface area contributed by atoms with Gasteiger partial charge in [-0.1, -0.05) is 16.7 Å². The molecule has 1 aliphatic carbocycles. The van der Waals surface area contributed by atoms with Crippen molar-refractivity contribution in [1.29, 1.82) is 0 Å². The van der Waals surface area contributed by atoms with Crippen LogP contribution in [0.2, 0.25) is 5.02 Å². The van der Waals surface area contributed by atoms with Crippen LogP contribution in [0.15, 0.2) is 53.6 Å². The summed E-state index contributed by atoms with van der Waals surface area (Å²) in [5.41, 5.74) is 4.51. The Balaban J connectivity index is 1.75. The smallest absolute Gasteiger partial charge is 0.403 e. The minimum Gasteiger partial charge on any atom is -0.493 e. The van der Waals surface area contributed by atoms with Gasteiger partial charge in [-0.3, -0.25) is 9.78 Å². The normalized spacial score (nSPS) is 14.6. The third-order valence-electron chi connectivity index (χ3n) is 7.70. The van der Waals surface area contributed by atoms with E-state index in [9.17, 15) is 14.3 Å². The number of amides is 1. The molecule has 0 bridgehead atoms. The van der Waals surface area contributed by atoms with Crippen LogP contribution in [0.1, 0.15) is 48.3 Å². The van der Waals surface area contributed by atoms with Gasteiger partial charge in [0.2, 0.25) is 0 Å². The quantitative estimate of drug-likeness (QED) is 0.0595. The largest absolute Gasteiger partial charge is 0.493 e. The van der Waals surface area contributed by atoms with Crippen molar-refractivity contribution in [2.75, 3.05) is 33.4 Å². The van der Waals surface area contributed by atoms with Crippen LogP contribution in [0.4, 0.5) is 17.6 Å². The highest BCUT2D eigenvalue weighted by atomic mass is 35.5. The van der Waals surface area contributed by atoms with E-state index in [0.717, 1.165) is 18.9 Å². The summed E-state index contributed by atoms with van der Waals surface area (Å²) in [6.45, 7) is 1.14. The fourth-order valence-electron chi connectivity index (χ4n) is 4.67. The lowest BCUT2D eigenvalue weighted by Gasteiger charge is -2.35. The summed E-state index contributed by atoms with van der Waals surface area (Å²) in [4.78, 5) is 20.1. The number of carbonyl (C=O) groups is 1. The minimum absolute atomic E-state index is 0.0164. The molecule has 3 aromatic rings. The fourth-order valence-corrected chi connectivity index (χ4v) is 4.85. The molecule has 1 amide bonds. The molecule has 3 N–H and O–H groups in total. The molecule has 4 rings (SSSR count). The van der Waals surface area contributed by atoms with Gasteiger partial charge in [0.05, 0.1) is 36.2 Å². The molecule has 0 aliphatic heterocycles. The van der Waals surface area contributed by atoms with Crippen LogP contribution in [0, 0.1) is 5.82 Å². The highest BCUT2D eigenvalue weighted by Crippen LogP contribution is 2.42. The van der Waals surface area contributed by atoms with Gasteiger partial charge in [0.15, 0.2) is 11.5 Å². The zero-order chi connectivity index (χ0) is 33.7. The van der Waals surface area contributed by atoms with E-state index >= 15 is 13.2 Å². The van der Waals surface area contributed by atoms with Gasteiger partial charge in [0.1, 0.15) is 11.2 Å². The molecule has 1 fully saturated rings. The number of methoxy groups -OCH3 is 1. The second kappa shape index (κ2) is 14.1. The van der Waals surface area contributed by atoms with Crippen molar-refractivity contribution < 1.29 is 36.9 Å². The molecule has 0 saturated heterocycles. The first-order chi connectivity index (χ1) is 21.7. The maximum absolute atomic E-state index is 15.1. The fraction of sp³-hybridized carbons (Fsp3) is 0.419. The van der Waals surface area contributed by atoms with E-state index in [0.29, 0.717) is 11.3 Å². The Labute approximate surface area is 267 Å². The van der Waals surface area contributed by atoms with Crippen LogP contribution in [-0.2, 0) is 11.0 Å². The van der Waals surface area contributed by atoms with Gasteiger partial charge in [-0.25, -0.2) is 4.39 Å². The first kappa shape index (κ1) is 34.8. The van der Waals surface area contributed by atoms with Crippen LogP contribution in [0.3, 0.4) is 0 Å². The predicted octanol–water partition coefficient (Wildman–Crippen LogP) is 6.45. The number of nitrogens with zero attached hydrogens (tertiary/aromatic N) is 4. The van der Waals surface area contributed by atoms with E-state index in [1.54, 1.807) is 13.8 Å². The number of rotatable bonds is 14. The molecular weight excluding hydrogens is 632 g/mol. The lowest BCUT2D eigenvalue weighted by atomic mass is 9.81. The van der Waals surface area contributed by atoms with E-state index in [-0.39, 0.29) is 46.8 Å².